The number of nitrogens with zero attached hydrogens (tertiary/aromatic N) is 1. The molecule has 0 radical (unpaired) electrons. The van der Waals surface area contributed by atoms with Gasteiger partial charge in [-0.2, -0.15) is 0 Å². The Balaban J connectivity index is 1.69. The number of amides is 2. The van der Waals surface area contributed by atoms with Crippen LogP contribution in [0, 0.1) is 0 Å². The monoisotopic (exact) mass is 264 g/mol. The Hall–Kier alpha value is -2.55. The highest BCUT2D eigenvalue weighted by Gasteiger charge is 2.13. The average molecular weight is 264 g/mol. The molecule has 0 fully saturated rings. The van der Waals surface area contributed by atoms with E-state index >= 15 is 0 Å². The summed E-state index contributed by atoms with van der Waals surface area (Å²) >= 11 is 0. The van der Waals surface area contributed by atoms with Gasteiger partial charge < -0.3 is 10.2 Å². The van der Waals surface area contributed by atoms with Crippen molar-refractivity contribution in [2.45, 2.75) is 0 Å². The van der Waals surface area contributed by atoms with Crippen LogP contribution in [0.5, 0.6) is 0 Å². The van der Waals surface area contributed by atoms with Gasteiger partial charge in [-0.25, -0.2) is 4.79 Å². The minimum absolute atomic E-state index is 0.0533. The normalized spacial score (nSPS) is 13.5. The lowest BCUT2D eigenvalue weighted by Gasteiger charge is -2.16. The largest absolute Gasteiger partial charge is 0.322 e. The van der Waals surface area contributed by atoms with E-state index in [2.05, 4.69) is 17.4 Å². The second-order valence-electron chi connectivity index (χ2n) is 4.75. The van der Waals surface area contributed by atoms with Gasteiger partial charge in [-0.05, 0) is 23.3 Å². The third kappa shape index (κ3) is 2.72. The van der Waals surface area contributed by atoms with Gasteiger partial charge in [-0.1, -0.05) is 54.6 Å². The van der Waals surface area contributed by atoms with Crippen LogP contribution in [0.25, 0.3) is 11.1 Å². The number of anilines is 1. The van der Waals surface area contributed by atoms with Crippen LogP contribution in [-0.4, -0.2) is 24.0 Å². The van der Waals surface area contributed by atoms with Crippen molar-refractivity contribution in [3.8, 4) is 11.1 Å². The van der Waals surface area contributed by atoms with Crippen molar-refractivity contribution >= 4 is 11.7 Å². The molecule has 3 heteroatoms. The predicted octanol–water partition coefficient (Wildman–Crippen LogP) is 3.76. The standard InChI is InChI=1S/C17H16N2O/c20-17(19-12-4-5-13-19)18-16-10-8-15(9-11-16)14-6-2-1-3-7-14/h1-11H,12-13H2,(H,18,20). The fourth-order valence-electron chi connectivity index (χ4n) is 2.22. The van der Waals surface area contributed by atoms with Crippen LogP contribution in [0.4, 0.5) is 10.5 Å². The summed E-state index contributed by atoms with van der Waals surface area (Å²) in [5, 5.41) is 2.91. The molecule has 2 aromatic rings. The Morgan fingerprint density at radius 3 is 2.10 bits per heavy atom. The summed E-state index contributed by atoms with van der Waals surface area (Å²) in [5.41, 5.74) is 3.14. The van der Waals surface area contributed by atoms with Crippen molar-refractivity contribution in [1.82, 2.24) is 4.90 Å². The average Bonchev–Trinajstić information content (AvgIpc) is 3.03. The maximum atomic E-state index is 11.9. The molecule has 3 rings (SSSR count). The Kier molecular flexibility index (Phi) is 3.50. The third-order valence-electron chi connectivity index (χ3n) is 3.35. The maximum Gasteiger partial charge on any atom is 0.322 e. The molecular formula is C17H16N2O. The maximum absolute atomic E-state index is 11.9. The summed E-state index contributed by atoms with van der Waals surface area (Å²) in [6.45, 7) is 1.38. The van der Waals surface area contributed by atoms with E-state index in [9.17, 15) is 4.79 Å². The summed E-state index contributed by atoms with van der Waals surface area (Å²) < 4.78 is 0. The highest BCUT2D eigenvalue weighted by atomic mass is 16.2. The van der Waals surface area contributed by atoms with Gasteiger partial charge in [0, 0.05) is 18.8 Å². The lowest BCUT2D eigenvalue weighted by Crippen LogP contribution is -2.32. The molecule has 0 saturated carbocycles. The van der Waals surface area contributed by atoms with E-state index in [-0.39, 0.29) is 6.03 Å². The summed E-state index contributed by atoms with van der Waals surface area (Å²) in [6, 6.07) is 18.0. The van der Waals surface area contributed by atoms with Crippen molar-refractivity contribution in [1.29, 1.82) is 0 Å². The zero-order chi connectivity index (χ0) is 13.8. The lowest BCUT2D eigenvalue weighted by molar-refractivity contribution is 0.224. The molecule has 0 aromatic heterocycles. The van der Waals surface area contributed by atoms with Crippen molar-refractivity contribution in [3.63, 3.8) is 0 Å². The number of carbonyl (C=O) groups excluding carboxylic acids is 1. The fourth-order valence-corrected chi connectivity index (χ4v) is 2.22. The first-order chi connectivity index (χ1) is 9.83. The van der Waals surface area contributed by atoms with Crippen LogP contribution in [0.3, 0.4) is 0 Å². The van der Waals surface area contributed by atoms with Gasteiger partial charge >= 0.3 is 6.03 Å². The van der Waals surface area contributed by atoms with E-state index < -0.39 is 0 Å². The predicted molar refractivity (Wildman–Crippen MR) is 81.6 cm³/mol. The number of hydrogen-bond donors (Lipinski definition) is 1. The summed E-state index contributed by atoms with van der Waals surface area (Å²) in [4.78, 5) is 13.7. The summed E-state index contributed by atoms with van der Waals surface area (Å²) in [5.74, 6) is 0. The molecule has 2 amide bonds. The molecule has 0 unspecified atom stereocenters. The van der Waals surface area contributed by atoms with Crippen LogP contribution in [0.15, 0.2) is 66.7 Å². The van der Waals surface area contributed by atoms with Crippen LogP contribution in [0.1, 0.15) is 0 Å². The third-order valence-corrected chi connectivity index (χ3v) is 3.35. The van der Waals surface area contributed by atoms with Gasteiger partial charge in [0.05, 0.1) is 0 Å². The molecule has 100 valence electrons. The molecular weight excluding hydrogens is 248 g/mol. The molecule has 1 aliphatic heterocycles. The second-order valence-corrected chi connectivity index (χ2v) is 4.75. The minimum Gasteiger partial charge on any atom is -0.317 e. The van der Waals surface area contributed by atoms with E-state index in [1.54, 1.807) is 4.90 Å². The van der Waals surface area contributed by atoms with E-state index in [1.165, 1.54) is 5.56 Å². The first-order valence-corrected chi connectivity index (χ1v) is 6.69. The van der Waals surface area contributed by atoms with Gasteiger partial charge in [0.1, 0.15) is 0 Å². The van der Waals surface area contributed by atoms with Crippen LogP contribution in [-0.2, 0) is 0 Å². The Morgan fingerprint density at radius 1 is 0.850 bits per heavy atom. The zero-order valence-corrected chi connectivity index (χ0v) is 11.1. The van der Waals surface area contributed by atoms with Gasteiger partial charge in [0.2, 0.25) is 0 Å². The zero-order valence-electron chi connectivity index (χ0n) is 11.1. The molecule has 20 heavy (non-hydrogen) atoms. The fraction of sp³-hybridized carbons (Fsp3) is 0.118. The van der Waals surface area contributed by atoms with Crippen molar-refractivity contribution in [2.24, 2.45) is 0 Å². The highest BCUT2D eigenvalue weighted by Crippen LogP contribution is 2.21. The summed E-state index contributed by atoms with van der Waals surface area (Å²) in [7, 11) is 0. The molecule has 1 heterocycles. The van der Waals surface area contributed by atoms with E-state index in [1.807, 2.05) is 54.6 Å². The topological polar surface area (TPSA) is 32.3 Å². The van der Waals surface area contributed by atoms with E-state index in [4.69, 9.17) is 0 Å². The molecule has 0 bridgehead atoms. The molecule has 3 nitrogen and oxygen atoms in total. The summed E-state index contributed by atoms with van der Waals surface area (Å²) in [6.07, 6.45) is 4.00. The van der Waals surface area contributed by atoms with Crippen LogP contribution < -0.4 is 5.32 Å². The number of benzene rings is 2. The first-order valence-electron chi connectivity index (χ1n) is 6.69. The van der Waals surface area contributed by atoms with Gasteiger partial charge in [0.15, 0.2) is 0 Å². The van der Waals surface area contributed by atoms with Crippen LogP contribution >= 0.6 is 0 Å². The Labute approximate surface area is 118 Å². The number of rotatable bonds is 2. The number of nitrogens with one attached hydrogen (secondary N) is 1. The molecule has 1 N–H and O–H groups in total. The number of urea groups is 1. The van der Waals surface area contributed by atoms with Crippen molar-refractivity contribution in [2.75, 3.05) is 18.4 Å². The van der Waals surface area contributed by atoms with Gasteiger partial charge in [0.25, 0.3) is 0 Å². The molecule has 1 aliphatic rings. The molecule has 0 spiro atoms. The molecule has 0 aliphatic carbocycles. The van der Waals surface area contributed by atoms with Crippen LogP contribution in [0.2, 0.25) is 0 Å². The van der Waals surface area contributed by atoms with E-state index in [0.717, 1.165) is 11.3 Å². The molecule has 0 atom stereocenters. The number of carbonyl (C=O) groups is 1. The van der Waals surface area contributed by atoms with Crippen molar-refractivity contribution in [3.05, 3.63) is 66.7 Å². The van der Waals surface area contributed by atoms with Crippen molar-refractivity contribution < 1.29 is 4.79 Å². The lowest BCUT2D eigenvalue weighted by atomic mass is 10.1. The van der Waals surface area contributed by atoms with Gasteiger partial charge in [-0.3, -0.25) is 0 Å². The Bertz CT molecular complexity index is 609. The SMILES string of the molecule is O=C(Nc1ccc(-c2ccccc2)cc1)N1CC=CC1. The second kappa shape index (κ2) is 5.61. The minimum atomic E-state index is -0.0533. The number of hydrogen-bond acceptors (Lipinski definition) is 1. The first kappa shape index (κ1) is 12.5. The molecule has 0 saturated heterocycles. The smallest absolute Gasteiger partial charge is 0.317 e. The quantitative estimate of drug-likeness (QED) is 0.823. The highest BCUT2D eigenvalue weighted by molar-refractivity contribution is 5.90. The Morgan fingerprint density at radius 2 is 1.45 bits per heavy atom. The molecule has 2 aromatic carbocycles. The van der Waals surface area contributed by atoms with Gasteiger partial charge in [-0.15, -0.1) is 0 Å². The van der Waals surface area contributed by atoms with E-state index in [0.29, 0.717) is 13.1 Å².